The molecule has 0 radical (unpaired) electrons. The summed E-state index contributed by atoms with van der Waals surface area (Å²) in [5.41, 5.74) is -1.30. The number of nitrogens with zero attached hydrogens (tertiary/aromatic N) is 2. The van der Waals surface area contributed by atoms with Gasteiger partial charge in [0.2, 0.25) is 0 Å². The predicted octanol–water partition coefficient (Wildman–Crippen LogP) is 2.91. The molecule has 2 aromatic heterocycles. The number of aromatic amines is 2. The van der Waals surface area contributed by atoms with Crippen molar-refractivity contribution in [2.45, 2.75) is 12.3 Å². The predicted molar refractivity (Wildman–Crippen MR) is 94.8 cm³/mol. The van der Waals surface area contributed by atoms with Crippen LogP contribution in [0.3, 0.4) is 0 Å². The number of rotatable bonds is 4. The quantitative estimate of drug-likeness (QED) is 0.527. The molecule has 3 heterocycles. The van der Waals surface area contributed by atoms with E-state index in [0.29, 0.717) is 19.0 Å². The van der Waals surface area contributed by atoms with Crippen molar-refractivity contribution in [3.8, 4) is 22.6 Å². The Labute approximate surface area is 156 Å². The highest BCUT2D eigenvalue weighted by molar-refractivity contribution is 5.77. The minimum atomic E-state index is -0.901. The van der Waals surface area contributed by atoms with E-state index in [4.69, 9.17) is 4.74 Å². The normalized spacial score (nSPS) is 15.2. The molecule has 1 fully saturated rings. The van der Waals surface area contributed by atoms with Gasteiger partial charge in [0, 0.05) is 17.7 Å². The number of benzene rings is 1. The van der Waals surface area contributed by atoms with Crippen LogP contribution in [-0.4, -0.2) is 33.1 Å². The molecule has 1 aromatic carbocycles. The number of ether oxygens (including phenoxy) is 1. The molecule has 0 bridgehead atoms. The fraction of sp³-hybridized carbons (Fsp3) is 0.222. The first-order valence-corrected chi connectivity index (χ1v) is 8.30. The molecule has 10 heteroatoms. The maximum absolute atomic E-state index is 14.4. The molecule has 0 spiro atoms. The Kier molecular flexibility index (Phi) is 4.07. The highest BCUT2D eigenvalue weighted by atomic mass is 19.1. The SMILES string of the molecule is CC1(c2nc(-c3ccc(F)cc3F)c(-c3ccc([N+](=O)[O-])c(=O)[nH]3)[nH]2)COC1. The first-order valence-electron chi connectivity index (χ1n) is 8.30. The largest absolute Gasteiger partial charge is 0.379 e. The van der Waals surface area contributed by atoms with Crippen LogP contribution in [0.25, 0.3) is 22.6 Å². The van der Waals surface area contributed by atoms with E-state index < -0.39 is 33.2 Å². The monoisotopic (exact) mass is 388 g/mol. The molecule has 0 saturated carbocycles. The summed E-state index contributed by atoms with van der Waals surface area (Å²) in [6.45, 7) is 2.71. The van der Waals surface area contributed by atoms with Crippen LogP contribution in [0.4, 0.5) is 14.5 Å². The summed E-state index contributed by atoms with van der Waals surface area (Å²) in [6.07, 6.45) is 0. The van der Waals surface area contributed by atoms with Crippen LogP contribution in [0.15, 0.2) is 35.1 Å². The Morgan fingerprint density at radius 3 is 2.54 bits per heavy atom. The Balaban J connectivity index is 1.91. The van der Waals surface area contributed by atoms with Crippen LogP contribution in [0.5, 0.6) is 0 Å². The zero-order valence-electron chi connectivity index (χ0n) is 14.6. The van der Waals surface area contributed by atoms with Crippen molar-refractivity contribution in [2.24, 2.45) is 0 Å². The van der Waals surface area contributed by atoms with Gasteiger partial charge in [-0.3, -0.25) is 14.9 Å². The van der Waals surface area contributed by atoms with Crippen molar-refractivity contribution in [2.75, 3.05) is 13.2 Å². The van der Waals surface area contributed by atoms with Gasteiger partial charge >= 0.3 is 11.2 Å². The molecular weight excluding hydrogens is 374 g/mol. The molecule has 144 valence electrons. The molecule has 28 heavy (non-hydrogen) atoms. The third-order valence-corrected chi connectivity index (χ3v) is 4.66. The van der Waals surface area contributed by atoms with Gasteiger partial charge in [0.25, 0.3) is 0 Å². The fourth-order valence-electron chi connectivity index (χ4n) is 3.03. The van der Waals surface area contributed by atoms with Crippen molar-refractivity contribution >= 4 is 5.69 Å². The van der Waals surface area contributed by atoms with Gasteiger partial charge < -0.3 is 14.7 Å². The van der Waals surface area contributed by atoms with E-state index in [1.807, 2.05) is 6.92 Å². The molecule has 4 rings (SSSR count). The zero-order chi connectivity index (χ0) is 20.1. The average molecular weight is 388 g/mol. The lowest BCUT2D eigenvalue weighted by Gasteiger charge is -2.36. The van der Waals surface area contributed by atoms with E-state index in [1.54, 1.807) is 0 Å². The summed E-state index contributed by atoms with van der Waals surface area (Å²) in [4.78, 5) is 32.1. The number of pyridine rings is 1. The molecule has 0 aliphatic carbocycles. The number of imidazole rings is 1. The lowest BCUT2D eigenvalue weighted by Crippen LogP contribution is -2.44. The number of hydrogen-bond donors (Lipinski definition) is 2. The van der Waals surface area contributed by atoms with Gasteiger partial charge in [0.05, 0.1) is 34.9 Å². The number of nitrogens with one attached hydrogen (secondary N) is 2. The van der Waals surface area contributed by atoms with Gasteiger partial charge in [0.1, 0.15) is 23.2 Å². The maximum atomic E-state index is 14.4. The van der Waals surface area contributed by atoms with Crippen LogP contribution in [0, 0.1) is 21.7 Å². The van der Waals surface area contributed by atoms with Crippen LogP contribution in [0.2, 0.25) is 0 Å². The number of hydrogen-bond acceptors (Lipinski definition) is 5. The lowest BCUT2D eigenvalue weighted by atomic mass is 9.88. The molecule has 1 aliphatic rings. The molecule has 1 aliphatic heterocycles. The van der Waals surface area contributed by atoms with Crippen molar-refractivity contribution in [3.63, 3.8) is 0 Å². The van der Waals surface area contributed by atoms with Crippen LogP contribution in [-0.2, 0) is 10.2 Å². The van der Waals surface area contributed by atoms with Gasteiger partial charge in [-0.1, -0.05) is 0 Å². The molecule has 8 nitrogen and oxygen atoms in total. The van der Waals surface area contributed by atoms with Crippen molar-refractivity contribution in [1.82, 2.24) is 15.0 Å². The second-order valence-corrected chi connectivity index (χ2v) is 6.83. The molecule has 2 N–H and O–H groups in total. The highest BCUT2D eigenvalue weighted by Gasteiger charge is 2.39. The molecule has 0 atom stereocenters. The zero-order valence-corrected chi connectivity index (χ0v) is 14.6. The third kappa shape index (κ3) is 2.87. The Morgan fingerprint density at radius 2 is 1.96 bits per heavy atom. The van der Waals surface area contributed by atoms with Crippen LogP contribution in [0.1, 0.15) is 12.7 Å². The van der Waals surface area contributed by atoms with Crippen LogP contribution < -0.4 is 5.56 Å². The average Bonchev–Trinajstić information content (AvgIpc) is 3.04. The Morgan fingerprint density at radius 1 is 1.21 bits per heavy atom. The number of aromatic nitrogens is 3. The van der Waals surface area contributed by atoms with Crippen molar-refractivity contribution in [1.29, 1.82) is 0 Å². The van der Waals surface area contributed by atoms with E-state index in [9.17, 15) is 23.7 Å². The Hall–Kier alpha value is -3.40. The molecule has 3 aromatic rings. The van der Waals surface area contributed by atoms with Gasteiger partial charge in [0.15, 0.2) is 0 Å². The van der Waals surface area contributed by atoms with Gasteiger partial charge in [-0.15, -0.1) is 0 Å². The second kappa shape index (κ2) is 6.34. The van der Waals surface area contributed by atoms with Crippen molar-refractivity contribution in [3.05, 3.63) is 68.3 Å². The van der Waals surface area contributed by atoms with E-state index in [2.05, 4.69) is 15.0 Å². The summed E-state index contributed by atoms with van der Waals surface area (Å²) in [7, 11) is 0. The number of H-pyrrole nitrogens is 2. The summed E-state index contributed by atoms with van der Waals surface area (Å²) in [5.74, 6) is -1.05. The molecule has 0 amide bonds. The Bertz CT molecular complexity index is 1150. The smallest absolute Gasteiger partial charge is 0.333 e. The van der Waals surface area contributed by atoms with Crippen LogP contribution >= 0.6 is 0 Å². The lowest BCUT2D eigenvalue weighted by molar-refractivity contribution is -0.386. The fourth-order valence-corrected chi connectivity index (χ4v) is 3.03. The van der Waals surface area contributed by atoms with Gasteiger partial charge in [-0.25, -0.2) is 13.8 Å². The first-order chi connectivity index (χ1) is 13.3. The van der Waals surface area contributed by atoms with E-state index in [-0.39, 0.29) is 22.6 Å². The second-order valence-electron chi connectivity index (χ2n) is 6.83. The standard InChI is InChI=1S/C18H14F2N4O4/c1-18(7-28-8-18)17-22-14(10-3-2-9(19)6-11(10)20)15(23-17)12-4-5-13(24(26)27)16(25)21-12/h2-6H,7-8H2,1H3,(H,21,25)(H,22,23). The van der Waals surface area contributed by atoms with E-state index >= 15 is 0 Å². The highest BCUT2D eigenvalue weighted by Crippen LogP contribution is 2.36. The van der Waals surface area contributed by atoms with Gasteiger partial charge in [-0.05, 0) is 25.1 Å². The molecule has 0 unspecified atom stereocenters. The summed E-state index contributed by atoms with van der Waals surface area (Å²) >= 11 is 0. The summed E-state index contributed by atoms with van der Waals surface area (Å²) in [5, 5.41) is 10.9. The molecular formula is C18H14F2N4O4. The third-order valence-electron chi connectivity index (χ3n) is 4.66. The summed E-state index contributed by atoms with van der Waals surface area (Å²) < 4.78 is 33.0. The van der Waals surface area contributed by atoms with Gasteiger partial charge in [-0.2, -0.15) is 0 Å². The summed E-state index contributed by atoms with van der Waals surface area (Å²) in [6, 6.07) is 5.48. The van der Waals surface area contributed by atoms with Crippen molar-refractivity contribution < 1.29 is 18.4 Å². The number of halogens is 2. The number of nitro groups is 1. The van der Waals surface area contributed by atoms with E-state index in [0.717, 1.165) is 18.2 Å². The van der Waals surface area contributed by atoms with E-state index in [1.165, 1.54) is 12.1 Å². The first kappa shape index (κ1) is 18.0. The topological polar surface area (TPSA) is 114 Å². The minimum Gasteiger partial charge on any atom is -0.379 e. The maximum Gasteiger partial charge on any atom is 0.333 e. The minimum absolute atomic E-state index is 0.0296. The molecule has 1 saturated heterocycles.